The average Bonchev–Trinajstić information content (AvgIpc) is 2.71. The summed E-state index contributed by atoms with van der Waals surface area (Å²) in [5.41, 5.74) is 2.09. The molecule has 0 bridgehead atoms. The molecule has 2 aromatic rings. The molecule has 0 radical (unpaired) electrons. The Labute approximate surface area is 173 Å². The molecule has 2 amide bonds. The molecule has 1 N–H and O–H groups in total. The van der Waals surface area contributed by atoms with Gasteiger partial charge in [-0.1, -0.05) is 17.7 Å². The minimum Gasteiger partial charge on any atom is -0.493 e. The molecule has 2 aromatic carbocycles. The quantitative estimate of drug-likeness (QED) is 0.462. The first-order valence-electron chi connectivity index (χ1n) is 8.67. The summed E-state index contributed by atoms with van der Waals surface area (Å²) >= 11 is 5.22. The Kier molecular flexibility index (Phi) is 5.84. The monoisotopic (exact) mass is 412 g/mol. The Morgan fingerprint density at radius 2 is 1.55 bits per heavy atom. The van der Waals surface area contributed by atoms with Crippen LogP contribution in [0.15, 0.2) is 42.0 Å². The molecular weight excluding hydrogens is 392 g/mol. The van der Waals surface area contributed by atoms with Crippen molar-refractivity contribution in [2.24, 2.45) is 0 Å². The van der Waals surface area contributed by atoms with Crippen LogP contribution in [0.2, 0.25) is 0 Å². The molecule has 0 unspecified atom stereocenters. The predicted molar refractivity (Wildman–Crippen MR) is 113 cm³/mol. The molecule has 1 aliphatic rings. The number of nitrogens with one attached hydrogen (secondary N) is 1. The number of aryl methyl sites for hydroxylation is 1. The van der Waals surface area contributed by atoms with E-state index in [9.17, 15) is 9.59 Å². The van der Waals surface area contributed by atoms with E-state index in [1.165, 1.54) is 32.3 Å². The molecule has 0 aromatic heterocycles. The van der Waals surface area contributed by atoms with Crippen molar-refractivity contribution in [3.05, 3.63) is 53.1 Å². The van der Waals surface area contributed by atoms with Crippen LogP contribution >= 0.6 is 12.2 Å². The zero-order valence-electron chi connectivity index (χ0n) is 16.4. The van der Waals surface area contributed by atoms with E-state index in [4.69, 9.17) is 26.4 Å². The van der Waals surface area contributed by atoms with Gasteiger partial charge in [0, 0.05) is 0 Å². The third-order valence-electron chi connectivity index (χ3n) is 4.39. The zero-order valence-corrected chi connectivity index (χ0v) is 17.3. The third kappa shape index (κ3) is 3.93. The molecule has 0 spiro atoms. The first-order valence-corrected chi connectivity index (χ1v) is 9.08. The normalized spacial score (nSPS) is 15.4. The Balaban J connectivity index is 2.06. The topological polar surface area (TPSA) is 77.1 Å². The summed E-state index contributed by atoms with van der Waals surface area (Å²) < 4.78 is 16.0. The van der Waals surface area contributed by atoms with E-state index < -0.39 is 11.8 Å². The second kappa shape index (κ2) is 8.32. The van der Waals surface area contributed by atoms with Gasteiger partial charge in [0.25, 0.3) is 11.8 Å². The lowest BCUT2D eigenvalue weighted by Gasteiger charge is -2.29. The van der Waals surface area contributed by atoms with Crippen LogP contribution < -0.4 is 24.4 Å². The Hall–Kier alpha value is -3.39. The molecular formula is C21H20N2O5S. The van der Waals surface area contributed by atoms with Gasteiger partial charge in [0.05, 0.1) is 27.0 Å². The van der Waals surface area contributed by atoms with E-state index in [0.29, 0.717) is 28.5 Å². The van der Waals surface area contributed by atoms with Crippen LogP contribution in [-0.4, -0.2) is 38.3 Å². The highest BCUT2D eigenvalue weighted by molar-refractivity contribution is 7.80. The fourth-order valence-corrected chi connectivity index (χ4v) is 3.22. The average molecular weight is 412 g/mol. The molecule has 29 heavy (non-hydrogen) atoms. The van der Waals surface area contributed by atoms with Gasteiger partial charge in [-0.25, -0.2) is 0 Å². The van der Waals surface area contributed by atoms with Gasteiger partial charge < -0.3 is 14.2 Å². The van der Waals surface area contributed by atoms with Gasteiger partial charge in [0.15, 0.2) is 16.6 Å². The highest BCUT2D eigenvalue weighted by Gasteiger charge is 2.34. The van der Waals surface area contributed by atoms with Crippen molar-refractivity contribution in [2.75, 3.05) is 26.2 Å². The molecule has 1 fully saturated rings. The summed E-state index contributed by atoms with van der Waals surface area (Å²) in [4.78, 5) is 26.9. The van der Waals surface area contributed by atoms with E-state index in [1.807, 2.05) is 19.1 Å². The minimum atomic E-state index is -0.572. The predicted octanol–water partition coefficient (Wildman–Crippen LogP) is 2.85. The van der Waals surface area contributed by atoms with Gasteiger partial charge in [-0.05, 0) is 55.0 Å². The molecule has 1 aliphatic heterocycles. The minimum absolute atomic E-state index is 0.0332. The van der Waals surface area contributed by atoms with Crippen molar-refractivity contribution in [1.82, 2.24) is 5.32 Å². The summed E-state index contributed by atoms with van der Waals surface area (Å²) in [6, 6.07) is 10.6. The zero-order chi connectivity index (χ0) is 21.1. The lowest BCUT2D eigenvalue weighted by atomic mass is 10.1. The SMILES string of the molecule is COc1cc(/C=C2\C(=O)NC(=S)N(c3ccc(C)cc3)C2=O)cc(OC)c1OC. The van der Waals surface area contributed by atoms with Gasteiger partial charge in [-0.2, -0.15) is 0 Å². The Morgan fingerprint density at radius 1 is 0.966 bits per heavy atom. The van der Waals surface area contributed by atoms with Crippen LogP contribution in [-0.2, 0) is 9.59 Å². The standard InChI is InChI=1S/C21H20N2O5S/c1-12-5-7-14(8-6-12)23-20(25)15(19(24)22-21(23)29)9-13-10-16(26-2)18(28-4)17(11-13)27-3/h5-11H,1-4H3,(H,22,24,29)/b15-9+. The highest BCUT2D eigenvalue weighted by atomic mass is 32.1. The molecule has 0 aliphatic carbocycles. The summed E-state index contributed by atoms with van der Waals surface area (Å²) in [6.07, 6.45) is 1.46. The molecule has 150 valence electrons. The largest absolute Gasteiger partial charge is 0.493 e. The smallest absolute Gasteiger partial charge is 0.270 e. The van der Waals surface area contributed by atoms with Crippen LogP contribution in [0.3, 0.4) is 0 Å². The van der Waals surface area contributed by atoms with E-state index in [1.54, 1.807) is 24.3 Å². The van der Waals surface area contributed by atoms with Crippen molar-refractivity contribution in [3.8, 4) is 17.2 Å². The first kappa shape index (κ1) is 20.3. The van der Waals surface area contributed by atoms with Crippen molar-refractivity contribution >= 4 is 40.9 Å². The number of hydrogen-bond donors (Lipinski definition) is 1. The number of ether oxygens (including phenoxy) is 3. The van der Waals surface area contributed by atoms with Gasteiger partial charge >= 0.3 is 0 Å². The number of rotatable bonds is 5. The first-order chi connectivity index (χ1) is 13.9. The Bertz CT molecular complexity index is 989. The lowest BCUT2D eigenvalue weighted by molar-refractivity contribution is -0.122. The van der Waals surface area contributed by atoms with E-state index >= 15 is 0 Å². The van der Waals surface area contributed by atoms with Gasteiger partial charge in [0.2, 0.25) is 5.75 Å². The maximum Gasteiger partial charge on any atom is 0.270 e. The third-order valence-corrected chi connectivity index (χ3v) is 4.68. The van der Waals surface area contributed by atoms with Crippen LogP contribution in [0.4, 0.5) is 5.69 Å². The summed E-state index contributed by atoms with van der Waals surface area (Å²) in [5, 5.41) is 2.60. The maximum absolute atomic E-state index is 13.1. The molecule has 0 atom stereocenters. The number of nitrogens with zero attached hydrogens (tertiary/aromatic N) is 1. The lowest BCUT2D eigenvalue weighted by Crippen LogP contribution is -2.54. The van der Waals surface area contributed by atoms with Crippen LogP contribution in [0.1, 0.15) is 11.1 Å². The number of carbonyl (C=O) groups is 2. The number of anilines is 1. The second-order valence-electron chi connectivity index (χ2n) is 6.25. The number of methoxy groups -OCH3 is 3. The molecule has 0 saturated carbocycles. The molecule has 8 heteroatoms. The fourth-order valence-electron chi connectivity index (χ4n) is 2.94. The van der Waals surface area contributed by atoms with E-state index in [2.05, 4.69) is 5.32 Å². The number of amides is 2. The van der Waals surface area contributed by atoms with Gasteiger partial charge in [-0.15, -0.1) is 0 Å². The Morgan fingerprint density at radius 3 is 2.07 bits per heavy atom. The van der Waals surface area contributed by atoms with Gasteiger partial charge in [-0.3, -0.25) is 19.8 Å². The van der Waals surface area contributed by atoms with Crippen molar-refractivity contribution in [3.63, 3.8) is 0 Å². The summed E-state index contributed by atoms with van der Waals surface area (Å²) in [6.45, 7) is 1.94. The molecule has 1 heterocycles. The second-order valence-corrected chi connectivity index (χ2v) is 6.64. The number of benzene rings is 2. The molecule has 1 saturated heterocycles. The van der Waals surface area contributed by atoms with Crippen molar-refractivity contribution in [2.45, 2.75) is 6.92 Å². The number of carbonyl (C=O) groups excluding carboxylic acids is 2. The van der Waals surface area contributed by atoms with Crippen LogP contribution in [0.5, 0.6) is 17.2 Å². The molecule has 7 nitrogen and oxygen atoms in total. The summed E-state index contributed by atoms with van der Waals surface area (Å²) in [5.74, 6) is 0.147. The van der Waals surface area contributed by atoms with Gasteiger partial charge in [0.1, 0.15) is 5.57 Å². The number of thiocarbonyl (C=S) groups is 1. The summed E-state index contributed by atoms with van der Waals surface area (Å²) in [7, 11) is 4.48. The maximum atomic E-state index is 13.1. The van der Waals surface area contributed by atoms with Crippen LogP contribution in [0, 0.1) is 6.92 Å². The van der Waals surface area contributed by atoms with Crippen molar-refractivity contribution in [1.29, 1.82) is 0 Å². The molecule has 3 rings (SSSR count). The fraction of sp³-hybridized carbons (Fsp3) is 0.190. The van der Waals surface area contributed by atoms with E-state index in [0.717, 1.165) is 5.56 Å². The number of hydrogen-bond acceptors (Lipinski definition) is 6. The highest BCUT2D eigenvalue weighted by Crippen LogP contribution is 2.39. The van der Waals surface area contributed by atoms with Crippen LogP contribution in [0.25, 0.3) is 6.08 Å². The van der Waals surface area contributed by atoms with Crippen molar-refractivity contribution < 1.29 is 23.8 Å². The van der Waals surface area contributed by atoms with E-state index in [-0.39, 0.29) is 10.7 Å².